The minimum absolute atomic E-state index is 0.0910. The number of likely N-dealkylation sites (tertiary alicyclic amines) is 1. The minimum atomic E-state index is 0.0910. The number of aromatic nitrogens is 1. The molecule has 0 radical (unpaired) electrons. The molecule has 1 aromatic carbocycles. The van der Waals surface area contributed by atoms with Crippen LogP contribution < -0.4 is 0 Å². The number of fused-ring (bicyclic) bond motifs is 1. The van der Waals surface area contributed by atoms with Crippen molar-refractivity contribution in [3.63, 3.8) is 0 Å². The van der Waals surface area contributed by atoms with E-state index >= 15 is 0 Å². The molecule has 1 atom stereocenters. The summed E-state index contributed by atoms with van der Waals surface area (Å²) in [6.45, 7) is 11.5. The van der Waals surface area contributed by atoms with Gasteiger partial charge in [-0.15, -0.1) is 22.9 Å². The quantitative estimate of drug-likeness (QED) is 0.300. The Bertz CT molecular complexity index is 1110. The highest BCUT2D eigenvalue weighted by Crippen LogP contribution is 2.39. The number of H-pyrrole nitrogens is 1. The molecule has 1 fully saturated rings. The van der Waals surface area contributed by atoms with Crippen molar-refractivity contribution in [1.82, 2.24) is 9.88 Å². The molecule has 1 saturated heterocycles. The first-order valence-corrected chi connectivity index (χ1v) is 12.6. The number of thiophene rings is 1. The Hall–Kier alpha value is -2.04. The maximum atomic E-state index is 13.2. The van der Waals surface area contributed by atoms with Gasteiger partial charge < -0.3 is 9.88 Å². The van der Waals surface area contributed by atoms with Crippen molar-refractivity contribution in [2.45, 2.75) is 58.9 Å². The number of hydrogen-bond donors (Lipinski definition) is 1. The first-order chi connectivity index (χ1) is 14.9. The van der Waals surface area contributed by atoms with Crippen molar-refractivity contribution >= 4 is 44.6 Å². The highest BCUT2D eigenvalue weighted by atomic mass is 35.5. The topological polar surface area (TPSA) is 36.1 Å². The predicted molar refractivity (Wildman–Crippen MR) is 134 cm³/mol. The summed E-state index contributed by atoms with van der Waals surface area (Å²) in [7, 11) is 0. The van der Waals surface area contributed by atoms with Crippen LogP contribution in [0.4, 0.5) is 0 Å². The van der Waals surface area contributed by atoms with Gasteiger partial charge in [-0.2, -0.15) is 0 Å². The first-order valence-electron chi connectivity index (χ1n) is 11.2. The lowest BCUT2D eigenvalue weighted by atomic mass is 10.00. The molecule has 5 heteroatoms. The zero-order valence-electron chi connectivity index (χ0n) is 18.7. The summed E-state index contributed by atoms with van der Waals surface area (Å²) < 4.78 is 0. The molecule has 1 aliphatic rings. The molecular weight excluding hydrogens is 424 g/mol. The summed E-state index contributed by atoms with van der Waals surface area (Å²) in [4.78, 5) is 20.9. The number of alkyl halides is 1. The molecule has 1 aliphatic heterocycles. The number of carbonyl (C=O) groups is 1. The smallest absolute Gasteiger partial charge is 0.254 e. The van der Waals surface area contributed by atoms with Gasteiger partial charge in [-0.3, -0.25) is 4.79 Å². The third-order valence-corrected chi connectivity index (χ3v) is 7.57. The molecule has 0 bridgehead atoms. The average molecular weight is 455 g/mol. The number of aryl methyl sites for hydroxylation is 3. The molecule has 2 aromatic heterocycles. The van der Waals surface area contributed by atoms with Crippen molar-refractivity contribution < 1.29 is 4.79 Å². The number of benzene rings is 1. The van der Waals surface area contributed by atoms with E-state index in [0.29, 0.717) is 17.5 Å². The van der Waals surface area contributed by atoms with Crippen molar-refractivity contribution in [3.05, 3.63) is 52.4 Å². The Morgan fingerprint density at radius 3 is 2.68 bits per heavy atom. The van der Waals surface area contributed by atoms with E-state index in [0.717, 1.165) is 59.4 Å². The molecule has 1 unspecified atom stereocenters. The third kappa shape index (κ3) is 4.33. The normalized spacial score (nSPS) is 16.4. The van der Waals surface area contributed by atoms with E-state index < -0.39 is 0 Å². The fraction of sp³-hybridized carbons (Fsp3) is 0.423. The summed E-state index contributed by atoms with van der Waals surface area (Å²) in [5.74, 6) is 0.649. The monoisotopic (exact) mass is 454 g/mol. The van der Waals surface area contributed by atoms with Crippen LogP contribution in [0.25, 0.3) is 27.0 Å². The first kappa shape index (κ1) is 22.2. The van der Waals surface area contributed by atoms with Crippen molar-refractivity contribution in [2.75, 3.05) is 12.4 Å². The molecule has 3 heterocycles. The van der Waals surface area contributed by atoms with Crippen LogP contribution >= 0.6 is 22.9 Å². The Kier molecular flexibility index (Phi) is 6.59. The van der Waals surface area contributed by atoms with Crippen LogP contribution in [0, 0.1) is 13.8 Å². The molecule has 1 N–H and O–H groups in total. The SMILES string of the molecule is C=C(C(=O)N1CCCC1CCC)c1cc2c(CCCl)c(-c3cc(C)cc(C)c3)[nH]c2s1. The molecular formula is C26H31ClN2OS. The second kappa shape index (κ2) is 9.22. The van der Waals surface area contributed by atoms with Crippen LogP contribution in [0.1, 0.15) is 54.2 Å². The average Bonchev–Trinajstić information content (AvgIpc) is 3.42. The highest BCUT2D eigenvalue weighted by molar-refractivity contribution is 7.20. The van der Waals surface area contributed by atoms with E-state index in [-0.39, 0.29) is 5.91 Å². The van der Waals surface area contributed by atoms with E-state index in [4.69, 9.17) is 11.6 Å². The van der Waals surface area contributed by atoms with Gasteiger partial charge >= 0.3 is 0 Å². The number of halogens is 1. The van der Waals surface area contributed by atoms with Gasteiger partial charge in [0.05, 0.1) is 5.69 Å². The van der Waals surface area contributed by atoms with Gasteiger partial charge in [-0.05, 0) is 68.9 Å². The highest BCUT2D eigenvalue weighted by Gasteiger charge is 2.30. The van der Waals surface area contributed by atoms with Gasteiger partial charge in [-0.25, -0.2) is 0 Å². The Balaban J connectivity index is 1.68. The van der Waals surface area contributed by atoms with Gasteiger partial charge in [0.25, 0.3) is 5.91 Å². The number of amides is 1. The van der Waals surface area contributed by atoms with Crippen molar-refractivity contribution in [1.29, 1.82) is 0 Å². The summed E-state index contributed by atoms with van der Waals surface area (Å²) >= 11 is 7.80. The number of rotatable bonds is 7. The standard InChI is InChI=1S/C26H31ClN2OS/c1-5-7-20-8-6-11-29(20)26(30)18(4)23-15-22-21(9-10-27)24(28-25(22)31-23)19-13-16(2)12-17(3)14-19/h12-15,20,28H,4-11H2,1-3H3. The molecule has 0 spiro atoms. The van der Waals surface area contributed by atoms with Gasteiger partial charge in [0.2, 0.25) is 0 Å². The van der Waals surface area contributed by atoms with Gasteiger partial charge in [-0.1, -0.05) is 37.1 Å². The Morgan fingerprint density at radius 1 is 1.26 bits per heavy atom. The molecule has 1 amide bonds. The predicted octanol–water partition coefficient (Wildman–Crippen LogP) is 7.10. The molecule has 164 valence electrons. The van der Waals surface area contributed by atoms with Gasteiger partial charge in [0.15, 0.2) is 0 Å². The van der Waals surface area contributed by atoms with E-state index in [1.54, 1.807) is 11.3 Å². The van der Waals surface area contributed by atoms with E-state index in [2.05, 4.69) is 56.6 Å². The lowest BCUT2D eigenvalue weighted by Gasteiger charge is -2.25. The molecule has 0 saturated carbocycles. The van der Waals surface area contributed by atoms with Gasteiger partial charge in [0.1, 0.15) is 4.83 Å². The lowest BCUT2D eigenvalue weighted by molar-refractivity contribution is -0.125. The van der Waals surface area contributed by atoms with Crippen LogP contribution in [-0.2, 0) is 11.2 Å². The Morgan fingerprint density at radius 2 is 2.00 bits per heavy atom. The van der Waals surface area contributed by atoms with E-state index in [9.17, 15) is 4.79 Å². The van der Waals surface area contributed by atoms with E-state index in [1.165, 1.54) is 22.3 Å². The fourth-order valence-corrected chi connectivity index (χ4v) is 6.16. The molecule has 3 nitrogen and oxygen atoms in total. The van der Waals surface area contributed by atoms with Crippen molar-refractivity contribution in [2.24, 2.45) is 0 Å². The number of aromatic amines is 1. The molecule has 0 aliphatic carbocycles. The van der Waals surface area contributed by atoms with Crippen LogP contribution in [0.5, 0.6) is 0 Å². The zero-order chi connectivity index (χ0) is 22.1. The number of nitrogens with zero attached hydrogens (tertiary/aromatic N) is 1. The number of nitrogens with one attached hydrogen (secondary N) is 1. The Labute approximate surface area is 194 Å². The largest absolute Gasteiger partial charge is 0.346 e. The zero-order valence-corrected chi connectivity index (χ0v) is 20.3. The molecule has 31 heavy (non-hydrogen) atoms. The maximum absolute atomic E-state index is 13.2. The van der Waals surface area contributed by atoms with Crippen LogP contribution in [0.15, 0.2) is 30.8 Å². The molecule has 3 aromatic rings. The van der Waals surface area contributed by atoms with Crippen LogP contribution in [0.3, 0.4) is 0 Å². The summed E-state index contributed by atoms with van der Waals surface area (Å²) in [6, 6.07) is 9.11. The summed E-state index contributed by atoms with van der Waals surface area (Å²) in [6.07, 6.45) is 5.16. The maximum Gasteiger partial charge on any atom is 0.254 e. The van der Waals surface area contributed by atoms with E-state index in [1.807, 2.05) is 4.90 Å². The second-order valence-electron chi connectivity index (χ2n) is 8.71. The number of hydrogen-bond acceptors (Lipinski definition) is 2. The summed E-state index contributed by atoms with van der Waals surface area (Å²) in [5, 5.41) is 1.16. The minimum Gasteiger partial charge on any atom is -0.346 e. The van der Waals surface area contributed by atoms with Crippen LogP contribution in [-0.4, -0.2) is 34.3 Å². The van der Waals surface area contributed by atoms with Gasteiger partial charge in [0, 0.05) is 34.3 Å². The lowest BCUT2D eigenvalue weighted by Crippen LogP contribution is -2.35. The van der Waals surface area contributed by atoms with Crippen molar-refractivity contribution in [3.8, 4) is 11.3 Å². The number of carbonyl (C=O) groups excluding carboxylic acids is 1. The molecule has 4 rings (SSSR count). The summed E-state index contributed by atoms with van der Waals surface area (Å²) in [5.41, 5.74) is 6.66. The second-order valence-corrected chi connectivity index (χ2v) is 10.1. The fourth-order valence-electron chi connectivity index (χ4n) is 4.92. The van der Waals surface area contributed by atoms with Crippen LogP contribution in [0.2, 0.25) is 0 Å². The third-order valence-electron chi connectivity index (χ3n) is 6.27.